The quantitative estimate of drug-likeness (QED) is 0.0766. The standard InChI is InChI=1S/C42H47N5O7/c48-27-28-11-13-31(14-12-28)38-24-35(26-46-21-19-34(20-22-46)47-37-8-2-1-7-36(37)44-42(47)51)53-41(54-38)32-17-15-30(16-18-32)33-6-3-5-29(23-33)25-43-39(49)9-4-10-40(50)45-52/h1-3,5-8,11-18,23,34-35,38,41,48,52H,4,9-10,19-22,24-27H2,(H,43,49)(H,44,51)(H,45,50). The fourth-order valence-electron chi connectivity index (χ4n) is 7.57. The van der Waals surface area contributed by atoms with E-state index < -0.39 is 12.2 Å². The lowest BCUT2D eigenvalue weighted by Gasteiger charge is -2.40. The molecule has 0 saturated carbocycles. The van der Waals surface area contributed by atoms with Crippen molar-refractivity contribution in [1.82, 2.24) is 25.2 Å². The molecule has 2 amide bonds. The van der Waals surface area contributed by atoms with E-state index in [1.165, 1.54) is 0 Å². The molecule has 2 aliphatic heterocycles. The molecule has 4 aromatic carbocycles. The van der Waals surface area contributed by atoms with E-state index in [4.69, 9.17) is 14.7 Å². The van der Waals surface area contributed by atoms with Crippen molar-refractivity contribution in [2.24, 2.45) is 0 Å². The van der Waals surface area contributed by atoms with Crippen molar-refractivity contribution < 1.29 is 29.4 Å². The number of carbonyl (C=O) groups is 2. The highest BCUT2D eigenvalue weighted by Gasteiger charge is 2.34. The predicted octanol–water partition coefficient (Wildman–Crippen LogP) is 5.66. The van der Waals surface area contributed by atoms with Gasteiger partial charge in [0.2, 0.25) is 11.8 Å². The molecule has 3 atom stereocenters. The Balaban J connectivity index is 1.01. The predicted molar refractivity (Wildman–Crippen MR) is 203 cm³/mol. The summed E-state index contributed by atoms with van der Waals surface area (Å²) in [5.74, 6) is -0.665. The number of fused-ring (bicyclic) bond motifs is 1. The number of hydrogen-bond donors (Lipinski definition) is 5. The van der Waals surface area contributed by atoms with Crippen molar-refractivity contribution in [2.45, 2.75) is 76.2 Å². The second-order valence-electron chi connectivity index (χ2n) is 14.2. The normalized spacial score (nSPS) is 19.5. The van der Waals surface area contributed by atoms with Crippen LogP contribution in [0.25, 0.3) is 22.2 Å². The molecule has 0 aliphatic carbocycles. The second-order valence-corrected chi connectivity index (χ2v) is 14.2. The zero-order valence-corrected chi connectivity index (χ0v) is 30.2. The fourth-order valence-corrected chi connectivity index (χ4v) is 7.57. The van der Waals surface area contributed by atoms with Gasteiger partial charge in [-0.2, -0.15) is 0 Å². The van der Waals surface area contributed by atoms with Gasteiger partial charge in [-0.15, -0.1) is 0 Å². The number of aromatic amines is 1. The molecule has 2 aliphatic rings. The highest BCUT2D eigenvalue weighted by atomic mass is 16.7. The van der Waals surface area contributed by atoms with Gasteiger partial charge in [0.25, 0.3) is 0 Å². The van der Waals surface area contributed by atoms with Gasteiger partial charge in [-0.25, -0.2) is 10.3 Å². The smallest absolute Gasteiger partial charge is 0.326 e. The number of H-pyrrole nitrogens is 1. The molecule has 54 heavy (non-hydrogen) atoms. The van der Waals surface area contributed by atoms with E-state index in [-0.39, 0.29) is 49.3 Å². The number of aliphatic hydroxyl groups is 1. The van der Waals surface area contributed by atoms with Crippen molar-refractivity contribution >= 4 is 22.8 Å². The van der Waals surface area contributed by atoms with Gasteiger partial charge in [-0.3, -0.25) is 19.4 Å². The summed E-state index contributed by atoms with van der Waals surface area (Å²) < 4.78 is 15.2. The number of benzene rings is 4. The number of likely N-dealkylation sites (tertiary alicyclic amines) is 1. The van der Waals surface area contributed by atoms with Crippen molar-refractivity contribution in [3.63, 3.8) is 0 Å². The summed E-state index contributed by atoms with van der Waals surface area (Å²) in [5, 5.41) is 21.1. The Bertz CT molecular complexity index is 2090. The Morgan fingerprint density at radius 1 is 0.815 bits per heavy atom. The molecule has 7 rings (SSSR count). The van der Waals surface area contributed by atoms with Gasteiger partial charge in [-0.05, 0) is 65.3 Å². The van der Waals surface area contributed by atoms with E-state index in [9.17, 15) is 19.5 Å². The number of nitrogens with zero attached hydrogens (tertiary/aromatic N) is 2. The first kappa shape index (κ1) is 37.2. The van der Waals surface area contributed by atoms with Gasteiger partial charge < -0.3 is 29.8 Å². The van der Waals surface area contributed by atoms with Crippen LogP contribution in [0.5, 0.6) is 0 Å². The Morgan fingerprint density at radius 3 is 2.31 bits per heavy atom. The van der Waals surface area contributed by atoms with Crippen LogP contribution in [-0.4, -0.2) is 62.3 Å². The molecule has 12 nitrogen and oxygen atoms in total. The van der Waals surface area contributed by atoms with Crippen LogP contribution in [0.2, 0.25) is 0 Å². The number of amides is 2. The van der Waals surface area contributed by atoms with Crippen LogP contribution in [0.1, 0.15) is 79.2 Å². The van der Waals surface area contributed by atoms with Gasteiger partial charge in [-0.1, -0.05) is 78.9 Å². The third-order valence-electron chi connectivity index (χ3n) is 10.5. The summed E-state index contributed by atoms with van der Waals surface area (Å²) in [6.07, 6.45) is 2.22. The lowest BCUT2D eigenvalue weighted by atomic mass is 9.98. The zero-order chi connectivity index (χ0) is 37.4. The maximum Gasteiger partial charge on any atom is 0.326 e. The number of rotatable bonds is 13. The molecule has 2 saturated heterocycles. The molecular formula is C42H47N5O7. The summed E-state index contributed by atoms with van der Waals surface area (Å²) in [7, 11) is 0. The Morgan fingerprint density at radius 2 is 1.56 bits per heavy atom. The minimum absolute atomic E-state index is 0.0158. The molecule has 0 spiro atoms. The van der Waals surface area contributed by atoms with Crippen LogP contribution < -0.4 is 16.5 Å². The number of para-hydroxylation sites is 2. The molecule has 5 aromatic rings. The Labute approximate surface area is 313 Å². The summed E-state index contributed by atoms with van der Waals surface area (Å²) in [4.78, 5) is 41.7. The highest BCUT2D eigenvalue weighted by Crippen LogP contribution is 2.39. The Hall–Kier alpha value is -5.11. The first-order valence-corrected chi connectivity index (χ1v) is 18.7. The van der Waals surface area contributed by atoms with E-state index >= 15 is 0 Å². The first-order valence-electron chi connectivity index (χ1n) is 18.7. The highest BCUT2D eigenvalue weighted by molar-refractivity contribution is 5.78. The van der Waals surface area contributed by atoms with Crippen LogP contribution in [0, 0.1) is 0 Å². The average Bonchev–Trinajstić information content (AvgIpc) is 3.56. The van der Waals surface area contributed by atoms with E-state index in [1.54, 1.807) is 5.48 Å². The number of piperidine rings is 1. The van der Waals surface area contributed by atoms with E-state index in [1.807, 2.05) is 89.5 Å². The average molecular weight is 734 g/mol. The molecule has 0 radical (unpaired) electrons. The lowest BCUT2D eigenvalue weighted by molar-refractivity contribution is -0.253. The Kier molecular flexibility index (Phi) is 12.0. The number of carbonyl (C=O) groups excluding carboxylic acids is 2. The molecular weight excluding hydrogens is 686 g/mol. The van der Waals surface area contributed by atoms with Crippen LogP contribution >= 0.6 is 0 Å². The molecule has 282 valence electrons. The summed E-state index contributed by atoms with van der Waals surface area (Å²) in [6.45, 7) is 2.82. The number of hydrogen-bond acceptors (Lipinski definition) is 8. The largest absolute Gasteiger partial charge is 0.392 e. The van der Waals surface area contributed by atoms with Gasteiger partial charge in [0.05, 0.1) is 29.8 Å². The molecule has 1 aromatic heterocycles. The second kappa shape index (κ2) is 17.4. The number of aromatic nitrogens is 2. The van der Waals surface area contributed by atoms with Crippen LogP contribution in [-0.2, 0) is 32.2 Å². The van der Waals surface area contributed by atoms with E-state index in [0.29, 0.717) is 19.4 Å². The summed E-state index contributed by atoms with van der Waals surface area (Å²) >= 11 is 0. The van der Waals surface area contributed by atoms with Crippen molar-refractivity contribution in [1.29, 1.82) is 0 Å². The SMILES string of the molecule is O=C(CCCC(=O)NCc1cccc(-c2ccc(C3OC(CN4CCC(n5c(=O)[nH]c6ccccc65)CC4)CC(c4ccc(CO)cc4)O3)cc2)c1)NO. The van der Waals surface area contributed by atoms with Crippen molar-refractivity contribution in [3.8, 4) is 11.1 Å². The lowest BCUT2D eigenvalue weighted by Crippen LogP contribution is -2.43. The monoisotopic (exact) mass is 733 g/mol. The topological polar surface area (TPSA) is 158 Å². The number of nitrogens with one attached hydrogen (secondary N) is 3. The van der Waals surface area contributed by atoms with Crippen molar-refractivity contribution in [2.75, 3.05) is 19.6 Å². The van der Waals surface area contributed by atoms with E-state index in [2.05, 4.69) is 27.3 Å². The molecule has 2 fully saturated rings. The third kappa shape index (κ3) is 8.98. The summed E-state index contributed by atoms with van der Waals surface area (Å²) in [6, 6.07) is 32.1. The van der Waals surface area contributed by atoms with Crippen LogP contribution in [0.3, 0.4) is 0 Å². The molecule has 0 bridgehead atoms. The van der Waals surface area contributed by atoms with Gasteiger partial charge >= 0.3 is 5.69 Å². The van der Waals surface area contributed by atoms with Crippen LogP contribution in [0.4, 0.5) is 0 Å². The van der Waals surface area contributed by atoms with Gasteiger partial charge in [0.1, 0.15) is 0 Å². The molecule has 12 heteroatoms. The van der Waals surface area contributed by atoms with E-state index in [0.717, 1.165) is 76.9 Å². The van der Waals surface area contributed by atoms with Gasteiger partial charge in [0, 0.05) is 57.0 Å². The molecule has 5 N–H and O–H groups in total. The van der Waals surface area contributed by atoms with Crippen LogP contribution in [0.15, 0.2) is 102 Å². The minimum Gasteiger partial charge on any atom is -0.392 e. The zero-order valence-electron chi connectivity index (χ0n) is 30.2. The maximum absolute atomic E-state index is 12.9. The summed E-state index contributed by atoms with van der Waals surface area (Å²) in [5.41, 5.74) is 9.13. The first-order chi connectivity index (χ1) is 26.4. The maximum atomic E-state index is 12.9. The number of imidazole rings is 1. The molecule has 3 unspecified atom stereocenters. The minimum atomic E-state index is -0.576. The number of ether oxygens (including phenoxy) is 2. The molecule has 3 heterocycles. The van der Waals surface area contributed by atoms with Gasteiger partial charge in [0.15, 0.2) is 6.29 Å². The number of hydroxylamine groups is 1. The fraction of sp³-hybridized carbons (Fsp3) is 0.357. The third-order valence-corrected chi connectivity index (χ3v) is 10.5. The van der Waals surface area contributed by atoms with Crippen molar-refractivity contribution in [3.05, 3.63) is 130 Å². The number of aliphatic hydroxyl groups excluding tert-OH is 1.